The summed E-state index contributed by atoms with van der Waals surface area (Å²) in [5.41, 5.74) is 9.56. The van der Waals surface area contributed by atoms with E-state index in [0.29, 0.717) is 0 Å². The van der Waals surface area contributed by atoms with Crippen molar-refractivity contribution in [3.05, 3.63) is 10.4 Å². The fourth-order valence-electron chi connectivity index (χ4n) is 8.91. The Morgan fingerprint density at radius 2 is 0.578 bits per heavy atom. The molecule has 4 rings (SSSR count). The summed E-state index contributed by atoms with van der Waals surface area (Å²) in [4.78, 5) is 155. The van der Waals surface area contributed by atoms with Crippen LogP contribution in [0.4, 0.5) is 4.39 Å². The monoisotopic (exact) mass is 1200 g/mol. The minimum absolute atomic E-state index is 0.731. The molecule has 1 unspecified atom stereocenters. The second-order valence-electron chi connectivity index (χ2n) is 18.5. The predicted molar refractivity (Wildman–Crippen MR) is 254 cm³/mol. The average molecular weight is 1200 g/mol. The van der Waals surface area contributed by atoms with Crippen LogP contribution in [0, 0.1) is 0 Å². The van der Waals surface area contributed by atoms with Crippen molar-refractivity contribution in [1.29, 1.82) is 0 Å². The van der Waals surface area contributed by atoms with E-state index in [-0.39, 0.29) is 0 Å². The second-order valence-corrected chi connectivity index (χ2v) is 18.5. The van der Waals surface area contributed by atoms with Crippen molar-refractivity contribution in [3.63, 3.8) is 0 Å². The van der Waals surface area contributed by atoms with Crippen LogP contribution in [-0.2, 0) is 148 Å². The molecule has 0 N–H and O–H groups in total. The molecule has 0 spiro atoms. The van der Waals surface area contributed by atoms with Gasteiger partial charge in [0.25, 0.3) is 0 Å². The lowest BCUT2D eigenvalue weighted by molar-refractivity contribution is -0.385. The molecule has 464 valence electrons. The number of hydrogen-bond acceptors (Lipinski definition) is 32. The first kappa shape index (κ1) is 68.1. The van der Waals surface area contributed by atoms with E-state index in [1.807, 2.05) is 0 Å². The lowest BCUT2D eigenvalue weighted by Crippen LogP contribution is -2.69. The van der Waals surface area contributed by atoms with Crippen LogP contribution < -0.4 is 0 Å². The summed E-state index contributed by atoms with van der Waals surface area (Å²) in [5.74, 6) is -12.7. The zero-order chi connectivity index (χ0) is 62.2. The summed E-state index contributed by atoms with van der Waals surface area (Å²) in [7, 11) is 0. The molecule has 4 saturated heterocycles. The highest BCUT2D eigenvalue weighted by atomic mass is 19.1. The van der Waals surface area contributed by atoms with Gasteiger partial charge in [0.1, 0.15) is 75.2 Å². The molecule has 0 saturated carbocycles. The molecule has 4 aliphatic heterocycles. The number of rotatable bonds is 23. The standard InChI is InChI=1S/C48H64FN3O31/c1-17(53)65-13-29-33(51-52-50)37(69-21(5)57)42(74-26(10)62)46(78-29)82-35-31(15-67-19(3)55)80-48(44(76-28(12)64)39(35)71-23(7)59)83-36-32(16-68-20(4)56)79-47(43(75-27(11)63)40(36)72-24(8)60)81-34-30(14-66-18(2)54)77-45(49)41(73-25(9)61)38(34)70-22(6)58/h29-48H,13-16H2,1-12H3/t29-,30-,31-,32-,33-,34-,35-,36-,37+,38+,39+,40+,41-,42-,43-,44-,45?,46+,47+,48+/m1/s1. The molecular weight excluding hydrogens is 1130 g/mol. The molecule has 0 radical (unpaired) electrons. The van der Waals surface area contributed by atoms with Crippen molar-refractivity contribution < 1.29 is 152 Å². The Morgan fingerprint density at radius 1 is 0.337 bits per heavy atom. The van der Waals surface area contributed by atoms with Gasteiger partial charge >= 0.3 is 71.6 Å². The molecule has 83 heavy (non-hydrogen) atoms. The fraction of sp³-hybridized carbons (Fsp3) is 0.750. The largest absolute Gasteiger partial charge is 0.463 e. The van der Waals surface area contributed by atoms with Crippen LogP contribution in [0.25, 0.3) is 10.4 Å². The molecule has 4 fully saturated rings. The average Bonchev–Trinajstić information content (AvgIpc) is 3.42. The van der Waals surface area contributed by atoms with Crippen molar-refractivity contribution in [2.75, 3.05) is 26.4 Å². The predicted octanol–water partition coefficient (Wildman–Crippen LogP) is -0.604. The first-order chi connectivity index (χ1) is 38.9. The third-order valence-corrected chi connectivity index (χ3v) is 11.7. The van der Waals surface area contributed by atoms with Crippen molar-refractivity contribution in [2.24, 2.45) is 5.11 Å². The fourth-order valence-corrected chi connectivity index (χ4v) is 8.91. The van der Waals surface area contributed by atoms with Crippen LogP contribution >= 0.6 is 0 Å². The Labute approximate surface area is 470 Å². The van der Waals surface area contributed by atoms with Gasteiger partial charge in [0.05, 0.1) is 0 Å². The van der Waals surface area contributed by atoms with E-state index in [1.54, 1.807) is 0 Å². The van der Waals surface area contributed by atoms with E-state index >= 15 is 4.39 Å². The summed E-state index contributed by atoms with van der Waals surface area (Å²) in [6, 6.07) is -1.63. The number of halogens is 1. The van der Waals surface area contributed by atoms with E-state index in [4.69, 9.17) is 90.0 Å². The molecule has 34 nitrogen and oxygen atoms in total. The Balaban J connectivity index is 1.97. The molecule has 35 heteroatoms. The van der Waals surface area contributed by atoms with Crippen LogP contribution in [0.2, 0.25) is 0 Å². The van der Waals surface area contributed by atoms with Crippen LogP contribution in [0.15, 0.2) is 5.11 Å². The number of esters is 12. The van der Waals surface area contributed by atoms with E-state index in [2.05, 4.69) is 10.0 Å². The highest BCUT2D eigenvalue weighted by molar-refractivity contribution is 5.70. The van der Waals surface area contributed by atoms with Gasteiger partial charge in [0, 0.05) is 88.0 Å². The summed E-state index contributed by atoms with van der Waals surface area (Å²) < 4.78 is 124. The zero-order valence-corrected chi connectivity index (χ0v) is 46.8. The molecule has 4 aliphatic rings. The first-order valence-corrected chi connectivity index (χ1v) is 25.1. The Kier molecular flexibility index (Phi) is 25.7. The SMILES string of the molecule is CC(=O)OC[C@H]1O[C@@H](O[C@H]2[C@H](OC(C)=O)[C@@H](OC(C)=O)[C@H](O[C@H]3[C@H](OC(C)=O)[C@@H](OC(C)=O)[C@H](O[C@H]4[C@H](OC(C)=O)[C@@H](OC(C)=O)C(F)O[C@@H]4COC(C)=O)O[C@@H]3COC(C)=O)O[C@@H]2COC(C)=O)[C@H](OC(C)=O)[C@@H](OC(C)=O)[C@@H]1N=[N+]=[N-]. The topological polar surface area (TPSA) is 429 Å². The Hall–Kier alpha value is -7.40. The maximum Gasteiger partial charge on any atom is 0.303 e. The third kappa shape index (κ3) is 20.2. The van der Waals surface area contributed by atoms with E-state index in [1.165, 1.54) is 0 Å². The minimum Gasteiger partial charge on any atom is -0.463 e. The maximum atomic E-state index is 15.8. The van der Waals surface area contributed by atoms with Gasteiger partial charge < -0.3 is 90.0 Å². The molecule has 0 aromatic rings. The number of ether oxygens (including phenoxy) is 19. The quantitative estimate of drug-likeness (QED) is 0.0405. The summed E-state index contributed by atoms with van der Waals surface area (Å²) in [6.45, 7) is 7.65. The van der Waals surface area contributed by atoms with E-state index < -0.39 is 221 Å². The molecule has 0 aromatic carbocycles. The minimum atomic E-state index is -2.58. The highest BCUT2D eigenvalue weighted by Crippen LogP contribution is 2.40. The van der Waals surface area contributed by atoms with Gasteiger partial charge in [0.2, 0.25) is 6.36 Å². The lowest BCUT2D eigenvalue weighted by atomic mass is 9.94. The van der Waals surface area contributed by atoms with Crippen molar-refractivity contribution in [1.82, 2.24) is 0 Å². The van der Waals surface area contributed by atoms with Crippen LogP contribution in [-0.4, -0.2) is 221 Å². The normalized spacial score (nSPS) is 32.9. The lowest BCUT2D eigenvalue weighted by Gasteiger charge is -2.51. The number of hydrogen-bond donors (Lipinski definition) is 0. The number of azide groups is 1. The summed E-state index contributed by atoms with van der Waals surface area (Å²) >= 11 is 0. The number of nitrogens with zero attached hydrogens (tertiary/aromatic N) is 3. The second kappa shape index (κ2) is 31.3. The third-order valence-electron chi connectivity index (χ3n) is 11.7. The van der Waals surface area contributed by atoms with E-state index in [9.17, 15) is 63.1 Å². The molecule has 0 bridgehead atoms. The first-order valence-electron chi connectivity index (χ1n) is 25.1. The van der Waals surface area contributed by atoms with Gasteiger partial charge in [-0.2, -0.15) is 0 Å². The van der Waals surface area contributed by atoms with Gasteiger partial charge in [-0.05, 0) is 5.53 Å². The Bertz CT molecular complexity index is 2440. The van der Waals surface area contributed by atoms with Crippen molar-refractivity contribution in [2.45, 2.75) is 206 Å². The summed E-state index contributed by atoms with van der Waals surface area (Å²) in [5, 5.41) is 3.64. The van der Waals surface area contributed by atoms with Gasteiger partial charge in [-0.15, -0.1) is 0 Å². The summed E-state index contributed by atoms with van der Waals surface area (Å²) in [6.07, 6.45) is -38.4. The zero-order valence-electron chi connectivity index (χ0n) is 46.8. The van der Waals surface area contributed by atoms with Gasteiger partial charge in [-0.3, -0.25) is 57.5 Å². The molecule has 4 heterocycles. The molecular formula is C48H64FN3O31. The smallest absolute Gasteiger partial charge is 0.303 e. The van der Waals surface area contributed by atoms with Crippen LogP contribution in [0.5, 0.6) is 0 Å². The van der Waals surface area contributed by atoms with Crippen LogP contribution in [0.3, 0.4) is 0 Å². The van der Waals surface area contributed by atoms with Crippen molar-refractivity contribution >= 4 is 71.6 Å². The van der Waals surface area contributed by atoms with E-state index in [0.717, 1.165) is 83.1 Å². The highest BCUT2D eigenvalue weighted by Gasteiger charge is 2.61. The molecule has 0 aliphatic carbocycles. The van der Waals surface area contributed by atoms with Crippen LogP contribution in [0.1, 0.15) is 83.1 Å². The van der Waals surface area contributed by atoms with Gasteiger partial charge in [0.15, 0.2) is 67.7 Å². The maximum absolute atomic E-state index is 15.8. The Morgan fingerprint density at radius 3 is 0.880 bits per heavy atom. The molecule has 0 aromatic heterocycles. The van der Waals surface area contributed by atoms with Gasteiger partial charge in [-0.1, -0.05) is 5.11 Å². The van der Waals surface area contributed by atoms with Crippen molar-refractivity contribution in [3.8, 4) is 0 Å². The molecule has 0 amide bonds. The van der Waals surface area contributed by atoms with Gasteiger partial charge in [-0.25, -0.2) is 4.39 Å². The molecule has 20 atom stereocenters. The number of carbonyl (C=O) groups is 12. The number of alkyl halides is 1. The number of carbonyl (C=O) groups excluding carboxylic acids is 12.